The number of hydrogen-bond donors (Lipinski definition) is 1. The van der Waals surface area contributed by atoms with E-state index in [0.717, 1.165) is 161 Å². The van der Waals surface area contributed by atoms with Crippen molar-refractivity contribution in [3.63, 3.8) is 0 Å². The summed E-state index contributed by atoms with van der Waals surface area (Å²) >= 11 is 0. The molecule has 0 spiro atoms. The molecule has 9 heteroatoms. The summed E-state index contributed by atoms with van der Waals surface area (Å²) in [4.78, 5) is 37.6. The van der Waals surface area contributed by atoms with Crippen LogP contribution in [0.2, 0.25) is 0 Å². The molecular weight excluding hydrogens is 1100 g/mol. The molecule has 0 aliphatic heterocycles. The highest BCUT2D eigenvalue weighted by Crippen LogP contribution is 2.14. The van der Waals surface area contributed by atoms with Crippen LogP contribution in [0.4, 0.5) is 0 Å². The quantitative estimate of drug-likeness (QED) is 0.0211. The predicted molar refractivity (Wildman–Crippen MR) is 382 cm³/mol. The normalized spacial score (nSPS) is 13.9. The van der Waals surface area contributed by atoms with Gasteiger partial charge in [-0.15, -0.1) is 0 Å². The number of unbranched alkanes of at least 4 members (excludes halogenated alkanes) is 14. The Morgan fingerprint density at radius 2 is 0.607 bits per heavy atom. The van der Waals surface area contributed by atoms with Crippen LogP contribution in [0.15, 0.2) is 194 Å². The Morgan fingerprint density at radius 3 is 0.899 bits per heavy atom. The van der Waals surface area contributed by atoms with Gasteiger partial charge in [0.15, 0.2) is 6.10 Å². The monoisotopic (exact) mass is 1230 g/mol. The zero-order valence-corrected chi connectivity index (χ0v) is 56.8. The number of carboxylic acid groups (broad SMARTS) is 1. The summed E-state index contributed by atoms with van der Waals surface area (Å²) in [5.74, 6) is -2.07. The second-order valence-corrected chi connectivity index (χ2v) is 23.4. The fourth-order valence-electron chi connectivity index (χ4n) is 8.63. The molecule has 2 atom stereocenters. The van der Waals surface area contributed by atoms with Gasteiger partial charge in [0.2, 0.25) is 0 Å². The van der Waals surface area contributed by atoms with Gasteiger partial charge in [0, 0.05) is 12.8 Å². The third-order valence-corrected chi connectivity index (χ3v) is 13.8. The first kappa shape index (κ1) is 83.1. The maximum atomic E-state index is 12.9. The van der Waals surface area contributed by atoms with E-state index in [-0.39, 0.29) is 38.6 Å². The zero-order valence-electron chi connectivity index (χ0n) is 56.8. The summed E-state index contributed by atoms with van der Waals surface area (Å²) in [6.07, 6.45) is 102. The van der Waals surface area contributed by atoms with Crippen molar-refractivity contribution in [3.8, 4) is 0 Å². The Kier molecular flexibility index (Phi) is 63.6. The summed E-state index contributed by atoms with van der Waals surface area (Å²) < 4.78 is 22.9. The number of carbonyl (C=O) groups excluding carboxylic acids is 2. The lowest BCUT2D eigenvalue weighted by Crippen LogP contribution is -2.40. The van der Waals surface area contributed by atoms with Crippen LogP contribution in [0.5, 0.6) is 0 Å². The molecule has 0 aliphatic rings. The Labute approximate surface area is 544 Å². The molecule has 0 bridgehead atoms. The lowest BCUT2D eigenvalue weighted by Gasteiger charge is -2.25. The molecule has 498 valence electrons. The second kappa shape index (κ2) is 68.0. The number of nitrogens with zero attached hydrogens (tertiary/aromatic N) is 1. The van der Waals surface area contributed by atoms with E-state index in [1.54, 1.807) is 0 Å². The van der Waals surface area contributed by atoms with E-state index in [2.05, 4.69) is 208 Å². The number of esters is 2. The van der Waals surface area contributed by atoms with E-state index in [1.807, 2.05) is 21.1 Å². The van der Waals surface area contributed by atoms with E-state index in [9.17, 15) is 19.5 Å². The number of carboxylic acids is 1. The van der Waals surface area contributed by atoms with Gasteiger partial charge in [-0.05, 0) is 141 Å². The Bertz CT molecular complexity index is 2160. The number of ether oxygens (including phenoxy) is 4. The smallest absolute Gasteiger partial charge is 0.361 e. The van der Waals surface area contributed by atoms with E-state index in [0.29, 0.717) is 17.4 Å². The molecule has 2 unspecified atom stereocenters. The molecule has 0 aromatic heterocycles. The average molecular weight is 1230 g/mol. The number of hydrogen-bond acceptors (Lipinski definition) is 7. The molecule has 0 heterocycles. The highest BCUT2D eigenvalue weighted by Gasteiger charge is 2.25. The SMILES string of the molecule is CC/C=C\C/C=C\C/C=C\C/C=C\C/C=C\C/C=C\C/C=C\C/C=C\C/C=C\C/C=C\C/C=C\C/C=C\CCCCCCC(=O)OC(COC(=O)CCCCCCCCCCCC/C=C\C/C=C\C/C=C\C/C=C\CC)COC(OCC[N+](C)(C)C)C(=O)O. The predicted octanol–water partition coefficient (Wildman–Crippen LogP) is 21.8. The van der Waals surface area contributed by atoms with E-state index < -0.39 is 24.3 Å². The highest BCUT2D eigenvalue weighted by molar-refractivity contribution is 5.71. The van der Waals surface area contributed by atoms with Gasteiger partial charge in [0.25, 0.3) is 6.29 Å². The third kappa shape index (κ3) is 69.5. The Hall–Kier alpha value is -5.87. The van der Waals surface area contributed by atoms with Crippen molar-refractivity contribution in [3.05, 3.63) is 194 Å². The van der Waals surface area contributed by atoms with Crippen LogP contribution < -0.4 is 0 Å². The molecule has 0 amide bonds. The van der Waals surface area contributed by atoms with Crippen LogP contribution in [0.1, 0.15) is 232 Å². The average Bonchev–Trinajstić information content (AvgIpc) is 3.64. The minimum absolute atomic E-state index is 0.171. The summed E-state index contributed by atoms with van der Waals surface area (Å²) in [5, 5.41) is 9.74. The maximum absolute atomic E-state index is 12.9. The van der Waals surface area contributed by atoms with Crippen LogP contribution in [-0.2, 0) is 33.3 Å². The van der Waals surface area contributed by atoms with Crippen LogP contribution in [0.3, 0.4) is 0 Å². The molecule has 0 saturated carbocycles. The van der Waals surface area contributed by atoms with Gasteiger partial charge in [-0.25, -0.2) is 4.79 Å². The van der Waals surface area contributed by atoms with Crippen LogP contribution in [0, 0.1) is 0 Å². The molecule has 0 aromatic carbocycles. The van der Waals surface area contributed by atoms with Gasteiger partial charge >= 0.3 is 17.9 Å². The molecule has 0 rings (SSSR count). The lowest BCUT2D eigenvalue weighted by atomic mass is 10.1. The van der Waals surface area contributed by atoms with E-state index >= 15 is 0 Å². The summed E-state index contributed by atoms with van der Waals surface area (Å²) in [6, 6.07) is 0. The summed E-state index contributed by atoms with van der Waals surface area (Å²) in [5.41, 5.74) is 0. The molecule has 0 aromatic rings. The molecule has 0 aliphatic carbocycles. The summed E-state index contributed by atoms with van der Waals surface area (Å²) in [7, 11) is 5.95. The standard InChI is InChI=1S/C80H125NO8/c1-6-8-10-12-14-16-18-20-22-24-26-28-30-31-32-33-34-35-36-37-38-39-40-41-42-43-44-45-46-47-49-51-53-55-57-59-61-63-65-67-69-71-78(83)89-76(75-88-80(79(84)85)86-73-72-81(3,4)5)74-87-77(82)70-68-66-64-62-60-58-56-54-52-50-48-29-27-25-23-21-19-17-15-13-11-9-7-2/h8-11,14-17,20-23,26-29,31-32,34-35,37-38,40-41,43-44,46-47,51,53,57,59,76,80H,6-7,12-13,18-19,24-25,30,33,36,39,42,45,48-50,52,54-56,58,60-75H2,1-5H3/p+1/b10-8-,11-9-,16-14-,17-15-,22-20-,23-21-,28-26-,29-27-,32-31-,35-34-,38-37-,41-40-,44-43-,47-46-,53-51-,59-57-. The largest absolute Gasteiger partial charge is 0.477 e. The number of allylic oxidation sites excluding steroid dienone is 32. The summed E-state index contributed by atoms with van der Waals surface area (Å²) in [6.45, 7) is 4.59. The minimum atomic E-state index is -1.53. The lowest BCUT2D eigenvalue weighted by molar-refractivity contribution is -0.870. The zero-order chi connectivity index (χ0) is 64.7. The van der Waals surface area contributed by atoms with Crippen molar-refractivity contribution >= 4 is 17.9 Å². The molecule has 0 fully saturated rings. The first-order chi connectivity index (χ1) is 43.6. The molecule has 0 radical (unpaired) electrons. The van der Waals surface area contributed by atoms with Crippen LogP contribution in [-0.4, -0.2) is 87.4 Å². The van der Waals surface area contributed by atoms with Crippen LogP contribution >= 0.6 is 0 Å². The first-order valence-electron chi connectivity index (χ1n) is 34.6. The topological polar surface area (TPSA) is 108 Å². The molecule has 9 nitrogen and oxygen atoms in total. The Balaban J connectivity index is 4.26. The first-order valence-corrected chi connectivity index (χ1v) is 34.6. The van der Waals surface area contributed by atoms with Gasteiger partial charge in [-0.3, -0.25) is 9.59 Å². The second-order valence-electron chi connectivity index (χ2n) is 23.4. The number of carbonyl (C=O) groups is 3. The fourth-order valence-corrected chi connectivity index (χ4v) is 8.63. The van der Waals surface area contributed by atoms with Crippen molar-refractivity contribution in [2.75, 3.05) is 47.5 Å². The van der Waals surface area contributed by atoms with Crippen molar-refractivity contribution in [2.45, 2.75) is 245 Å². The Morgan fingerprint density at radius 1 is 0.337 bits per heavy atom. The maximum Gasteiger partial charge on any atom is 0.361 e. The van der Waals surface area contributed by atoms with Gasteiger partial charge in [0.05, 0.1) is 34.4 Å². The van der Waals surface area contributed by atoms with Gasteiger partial charge in [-0.2, -0.15) is 0 Å². The molecule has 89 heavy (non-hydrogen) atoms. The highest BCUT2D eigenvalue weighted by atomic mass is 16.7. The van der Waals surface area contributed by atoms with Gasteiger partial charge in [-0.1, -0.05) is 272 Å². The fraction of sp³-hybridized carbons (Fsp3) is 0.562. The van der Waals surface area contributed by atoms with E-state index in [4.69, 9.17) is 18.9 Å². The number of likely N-dealkylation sites (N-methyl/N-ethyl adjacent to an activating group) is 1. The number of quaternary nitrogens is 1. The number of rotatable bonds is 61. The van der Waals surface area contributed by atoms with Crippen molar-refractivity contribution in [2.24, 2.45) is 0 Å². The molecular formula is C80H126NO8+. The van der Waals surface area contributed by atoms with Crippen LogP contribution in [0.25, 0.3) is 0 Å². The number of aliphatic carboxylic acids is 1. The van der Waals surface area contributed by atoms with Crippen molar-refractivity contribution < 1.29 is 42.9 Å². The van der Waals surface area contributed by atoms with Gasteiger partial charge < -0.3 is 28.5 Å². The van der Waals surface area contributed by atoms with Crippen molar-refractivity contribution in [1.29, 1.82) is 0 Å². The minimum Gasteiger partial charge on any atom is -0.477 e. The molecule has 0 saturated heterocycles. The van der Waals surface area contributed by atoms with Crippen molar-refractivity contribution in [1.82, 2.24) is 0 Å². The van der Waals surface area contributed by atoms with E-state index in [1.165, 1.54) is 38.5 Å². The molecule has 1 N–H and O–H groups in total. The van der Waals surface area contributed by atoms with Gasteiger partial charge in [0.1, 0.15) is 13.2 Å². The third-order valence-electron chi connectivity index (χ3n) is 13.8.